The molecule has 0 fully saturated rings. The first-order chi connectivity index (χ1) is 8.52. The van der Waals surface area contributed by atoms with Crippen LogP contribution < -0.4 is 10.1 Å². The summed E-state index contributed by atoms with van der Waals surface area (Å²) in [6.45, 7) is 2.05. The van der Waals surface area contributed by atoms with Crippen LogP contribution >= 0.6 is 0 Å². The number of carboxylic acid groups (broad SMARTS) is 1. The van der Waals surface area contributed by atoms with Crippen LogP contribution in [-0.2, 0) is 4.79 Å². The van der Waals surface area contributed by atoms with Crippen LogP contribution in [0.25, 0.3) is 0 Å². The third-order valence-corrected chi connectivity index (χ3v) is 2.27. The van der Waals surface area contributed by atoms with Crippen molar-refractivity contribution < 1.29 is 19.4 Å². The predicted octanol–water partition coefficient (Wildman–Crippen LogP) is 1.63. The monoisotopic (exact) mass is 252 g/mol. The van der Waals surface area contributed by atoms with Gasteiger partial charge in [0.15, 0.2) is 6.61 Å². The van der Waals surface area contributed by atoms with Crippen molar-refractivity contribution in [3.63, 3.8) is 0 Å². The Kier molecular flexibility index (Phi) is 4.98. The number of hydrogen-bond donors (Lipinski definition) is 2. The molecule has 0 aliphatic heterocycles. The highest BCUT2D eigenvalue weighted by Gasteiger charge is 2.07. The van der Waals surface area contributed by atoms with E-state index in [-0.39, 0.29) is 6.03 Å². The number of rotatable bonds is 5. The van der Waals surface area contributed by atoms with Crippen molar-refractivity contribution in [3.8, 4) is 5.75 Å². The van der Waals surface area contributed by atoms with Gasteiger partial charge in [0, 0.05) is 25.3 Å². The Balaban J connectivity index is 2.64. The highest BCUT2D eigenvalue weighted by Crippen LogP contribution is 2.17. The molecule has 1 rings (SSSR count). The second kappa shape index (κ2) is 6.48. The molecule has 0 saturated heterocycles. The Morgan fingerprint density at radius 1 is 1.44 bits per heavy atom. The van der Waals surface area contributed by atoms with E-state index in [2.05, 4.69) is 5.32 Å². The van der Waals surface area contributed by atoms with Crippen molar-refractivity contribution in [1.82, 2.24) is 4.90 Å². The van der Waals surface area contributed by atoms with Gasteiger partial charge in [0.2, 0.25) is 0 Å². The zero-order valence-electron chi connectivity index (χ0n) is 10.3. The molecule has 0 spiro atoms. The van der Waals surface area contributed by atoms with Crippen LogP contribution in [0.15, 0.2) is 24.3 Å². The van der Waals surface area contributed by atoms with Crippen molar-refractivity contribution in [1.29, 1.82) is 0 Å². The van der Waals surface area contributed by atoms with E-state index in [4.69, 9.17) is 9.84 Å². The number of hydrogen-bond acceptors (Lipinski definition) is 3. The number of aliphatic carboxylic acids is 1. The van der Waals surface area contributed by atoms with Gasteiger partial charge in [0.25, 0.3) is 0 Å². The molecule has 0 heterocycles. The molecule has 0 aromatic heterocycles. The lowest BCUT2D eigenvalue weighted by molar-refractivity contribution is -0.139. The molecule has 6 heteroatoms. The van der Waals surface area contributed by atoms with E-state index in [9.17, 15) is 9.59 Å². The Bertz CT molecular complexity index is 434. The fraction of sp³-hybridized carbons (Fsp3) is 0.333. The van der Waals surface area contributed by atoms with Gasteiger partial charge in [0.05, 0.1) is 0 Å². The van der Waals surface area contributed by atoms with Gasteiger partial charge in [0.1, 0.15) is 5.75 Å². The number of nitrogens with one attached hydrogen (secondary N) is 1. The van der Waals surface area contributed by atoms with Crippen molar-refractivity contribution in [2.24, 2.45) is 0 Å². The molecular formula is C12H16N2O4. The third-order valence-electron chi connectivity index (χ3n) is 2.27. The molecule has 0 unspecified atom stereocenters. The van der Waals surface area contributed by atoms with E-state index >= 15 is 0 Å². The maximum Gasteiger partial charge on any atom is 0.341 e. The van der Waals surface area contributed by atoms with E-state index in [1.54, 1.807) is 31.3 Å². The molecule has 0 saturated carbocycles. The molecule has 0 aliphatic rings. The van der Waals surface area contributed by atoms with Crippen LogP contribution in [0.4, 0.5) is 10.5 Å². The summed E-state index contributed by atoms with van der Waals surface area (Å²) >= 11 is 0. The molecule has 1 aromatic rings. The van der Waals surface area contributed by atoms with Crippen LogP contribution in [0.3, 0.4) is 0 Å². The maximum atomic E-state index is 11.6. The molecule has 0 bridgehead atoms. The Labute approximate surface area is 105 Å². The number of urea groups is 1. The van der Waals surface area contributed by atoms with Gasteiger partial charge in [-0.15, -0.1) is 0 Å². The van der Waals surface area contributed by atoms with Gasteiger partial charge in [-0.3, -0.25) is 0 Å². The minimum atomic E-state index is -1.05. The van der Waals surface area contributed by atoms with Crippen LogP contribution in [0, 0.1) is 0 Å². The fourth-order valence-corrected chi connectivity index (χ4v) is 1.17. The van der Waals surface area contributed by atoms with E-state index < -0.39 is 12.6 Å². The summed E-state index contributed by atoms with van der Waals surface area (Å²) in [6.07, 6.45) is 0. The standard InChI is InChI=1S/C12H16N2O4/c1-3-14(2)12(17)13-9-5-4-6-10(7-9)18-8-11(15)16/h4-7H,3,8H2,1-2H3,(H,13,17)(H,15,16). The second-order valence-electron chi connectivity index (χ2n) is 3.65. The van der Waals surface area contributed by atoms with Crippen molar-refractivity contribution >= 4 is 17.7 Å². The topological polar surface area (TPSA) is 78.9 Å². The van der Waals surface area contributed by atoms with E-state index in [1.165, 1.54) is 4.90 Å². The average molecular weight is 252 g/mol. The molecule has 98 valence electrons. The predicted molar refractivity (Wildman–Crippen MR) is 66.9 cm³/mol. The van der Waals surface area contributed by atoms with Crippen molar-refractivity contribution in [2.45, 2.75) is 6.92 Å². The molecule has 0 radical (unpaired) electrons. The van der Waals surface area contributed by atoms with Crippen LogP contribution in [0.5, 0.6) is 5.75 Å². The SMILES string of the molecule is CCN(C)C(=O)Nc1cccc(OCC(=O)O)c1. The second-order valence-corrected chi connectivity index (χ2v) is 3.65. The smallest absolute Gasteiger partial charge is 0.341 e. The Hall–Kier alpha value is -2.24. The largest absolute Gasteiger partial charge is 0.482 e. The van der Waals surface area contributed by atoms with Crippen LogP contribution in [0.1, 0.15) is 6.92 Å². The lowest BCUT2D eigenvalue weighted by Crippen LogP contribution is -2.30. The summed E-state index contributed by atoms with van der Waals surface area (Å²) in [6, 6.07) is 6.35. The van der Waals surface area contributed by atoms with Gasteiger partial charge in [-0.05, 0) is 19.1 Å². The van der Waals surface area contributed by atoms with Gasteiger partial charge in [-0.2, -0.15) is 0 Å². The van der Waals surface area contributed by atoms with Crippen LogP contribution in [-0.4, -0.2) is 42.2 Å². The molecule has 18 heavy (non-hydrogen) atoms. The molecule has 2 amide bonds. The molecule has 0 aliphatic carbocycles. The first-order valence-corrected chi connectivity index (χ1v) is 5.49. The number of carboxylic acids is 1. The molecule has 0 atom stereocenters. The van der Waals surface area contributed by atoms with Gasteiger partial charge < -0.3 is 20.1 Å². The number of ether oxygens (including phenoxy) is 1. The number of benzene rings is 1. The zero-order valence-corrected chi connectivity index (χ0v) is 10.3. The zero-order chi connectivity index (χ0) is 13.5. The van der Waals surface area contributed by atoms with Gasteiger partial charge in [-0.25, -0.2) is 9.59 Å². The Morgan fingerprint density at radius 2 is 2.17 bits per heavy atom. The fourth-order valence-electron chi connectivity index (χ4n) is 1.17. The maximum absolute atomic E-state index is 11.6. The summed E-state index contributed by atoms with van der Waals surface area (Å²) in [4.78, 5) is 23.5. The lowest BCUT2D eigenvalue weighted by Gasteiger charge is -2.15. The van der Waals surface area contributed by atoms with E-state index in [1.807, 2.05) is 6.92 Å². The summed E-state index contributed by atoms with van der Waals surface area (Å²) in [7, 11) is 1.68. The number of anilines is 1. The molecule has 6 nitrogen and oxygen atoms in total. The highest BCUT2D eigenvalue weighted by molar-refractivity contribution is 5.89. The summed E-state index contributed by atoms with van der Waals surface area (Å²) in [5, 5.41) is 11.2. The molecule has 1 aromatic carbocycles. The Morgan fingerprint density at radius 3 is 2.78 bits per heavy atom. The number of carbonyl (C=O) groups excluding carboxylic acids is 1. The minimum Gasteiger partial charge on any atom is -0.482 e. The van der Waals surface area contributed by atoms with Gasteiger partial charge >= 0.3 is 12.0 Å². The van der Waals surface area contributed by atoms with Crippen LogP contribution in [0.2, 0.25) is 0 Å². The highest BCUT2D eigenvalue weighted by atomic mass is 16.5. The summed E-state index contributed by atoms with van der Waals surface area (Å²) in [5.74, 6) is -0.649. The number of nitrogens with zero attached hydrogens (tertiary/aromatic N) is 1. The van der Waals surface area contributed by atoms with Crippen molar-refractivity contribution in [3.05, 3.63) is 24.3 Å². The summed E-state index contributed by atoms with van der Waals surface area (Å²) < 4.78 is 5.01. The first-order valence-electron chi connectivity index (χ1n) is 5.49. The van der Waals surface area contributed by atoms with E-state index in [0.29, 0.717) is 18.0 Å². The quantitative estimate of drug-likeness (QED) is 0.834. The lowest BCUT2D eigenvalue weighted by atomic mass is 10.3. The van der Waals surface area contributed by atoms with Gasteiger partial charge in [-0.1, -0.05) is 6.07 Å². The minimum absolute atomic E-state index is 0.229. The average Bonchev–Trinajstić information content (AvgIpc) is 2.35. The molecule has 2 N–H and O–H groups in total. The normalized spacial score (nSPS) is 9.67. The summed E-state index contributed by atoms with van der Waals surface area (Å²) in [5.41, 5.74) is 0.559. The number of amides is 2. The van der Waals surface area contributed by atoms with Crippen molar-refractivity contribution in [2.75, 3.05) is 25.5 Å². The first kappa shape index (κ1) is 13.8. The number of carbonyl (C=O) groups is 2. The molecular weight excluding hydrogens is 236 g/mol. The third kappa shape index (κ3) is 4.32. The van der Waals surface area contributed by atoms with E-state index in [0.717, 1.165) is 0 Å².